The van der Waals surface area contributed by atoms with Gasteiger partial charge in [-0.05, 0) is 45.4 Å². The highest BCUT2D eigenvalue weighted by molar-refractivity contribution is 5.85. The number of aromatic nitrogens is 2. The van der Waals surface area contributed by atoms with Gasteiger partial charge in [-0.15, -0.1) is 0 Å². The van der Waals surface area contributed by atoms with Gasteiger partial charge in [0.2, 0.25) is 0 Å². The lowest BCUT2D eigenvalue weighted by molar-refractivity contribution is -0.139. The van der Waals surface area contributed by atoms with Gasteiger partial charge in [0.05, 0.1) is 0 Å². The monoisotopic (exact) mass is 265 g/mol. The first-order valence-electron chi connectivity index (χ1n) is 7.10. The minimum Gasteiger partial charge on any atom is -0.380 e. The van der Waals surface area contributed by atoms with Crippen molar-refractivity contribution in [3.05, 3.63) is 18.2 Å². The molecule has 1 amide bonds. The molecule has 0 unspecified atom stereocenters. The van der Waals surface area contributed by atoms with Gasteiger partial charge in [0.1, 0.15) is 11.4 Å². The van der Waals surface area contributed by atoms with Crippen LogP contribution in [0.5, 0.6) is 0 Å². The van der Waals surface area contributed by atoms with E-state index in [-0.39, 0.29) is 5.91 Å². The average Bonchev–Trinajstić information content (AvgIpc) is 2.99. The van der Waals surface area contributed by atoms with E-state index < -0.39 is 5.60 Å². The molecule has 2 N–H and O–H groups in total. The highest BCUT2D eigenvalue weighted by Crippen LogP contribution is 2.29. The summed E-state index contributed by atoms with van der Waals surface area (Å²) in [5.74, 6) is 0.827. The predicted molar refractivity (Wildman–Crippen MR) is 72.6 cm³/mol. The fourth-order valence-electron chi connectivity index (χ4n) is 2.60. The molecule has 0 aromatic carbocycles. The van der Waals surface area contributed by atoms with Crippen LogP contribution < -0.4 is 5.32 Å². The zero-order valence-corrected chi connectivity index (χ0v) is 11.6. The van der Waals surface area contributed by atoms with E-state index in [4.69, 9.17) is 0 Å². The lowest BCUT2D eigenvalue weighted by Crippen LogP contribution is -2.45. The fraction of sp³-hybridized carbons (Fsp3) is 0.714. The highest BCUT2D eigenvalue weighted by Gasteiger charge is 2.38. The summed E-state index contributed by atoms with van der Waals surface area (Å²) >= 11 is 0. The number of amides is 1. The number of aliphatic hydroxyl groups is 1. The van der Waals surface area contributed by atoms with Crippen molar-refractivity contribution in [2.75, 3.05) is 6.54 Å². The third-order valence-electron chi connectivity index (χ3n) is 3.89. The molecule has 19 heavy (non-hydrogen) atoms. The molecule has 0 radical (unpaired) electrons. The van der Waals surface area contributed by atoms with Crippen LogP contribution in [-0.2, 0) is 11.3 Å². The molecule has 106 valence electrons. The van der Waals surface area contributed by atoms with Crippen LogP contribution >= 0.6 is 0 Å². The summed E-state index contributed by atoms with van der Waals surface area (Å²) < 4.78 is 2.10. The number of nitrogens with zero attached hydrogens (tertiary/aromatic N) is 2. The Kier molecular flexibility index (Phi) is 4.58. The summed E-state index contributed by atoms with van der Waals surface area (Å²) in [5.41, 5.74) is -1.10. The van der Waals surface area contributed by atoms with Crippen molar-refractivity contribution < 1.29 is 9.90 Å². The van der Waals surface area contributed by atoms with Gasteiger partial charge in [0.25, 0.3) is 5.91 Å². The molecule has 1 fully saturated rings. The molecule has 0 bridgehead atoms. The smallest absolute Gasteiger partial charge is 0.251 e. The van der Waals surface area contributed by atoms with Crippen molar-refractivity contribution in [2.24, 2.45) is 0 Å². The van der Waals surface area contributed by atoms with E-state index in [2.05, 4.69) is 14.9 Å². The molecular formula is C14H23N3O2. The van der Waals surface area contributed by atoms with Crippen LogP contribution in [0.2, 0.25) is 0 Å². The summed E-state index contributed by atoms with van der Waals surface area (Å²) in [7, 11) is 0. The molecule has 1 aliphatic carbocycles. The van der Waals surface area contributed by atoms with Gasteiger partial charge in [-0.2, -0.15) is 0 Å². The summed E-state index contributed by atoms with van der Waals surface area (Å²) in [5, 5.41) is 12.9. The summed E-state index contributed by atoms with van der Waals surface area (Å²) in [6, 6.07) is 0. The largest absolute Gasteiger partial charge is 0.380 e. The number of rotatable bonds is 6. The Bertz CT molecular complexity index is 422. The van der Waals surface area contributed by atoms with E-state index in [0.717, 1.165) is 38.1 Å². The van der Waals surface area contributed by atoms with Gasteiger partial charge < -0.3 is 15.0 Å². The average molecular weight is 265 g/mol. The molecule has 1 saturated carbocycles. The standard InChI is InChI=1S/C14H23N3O2/c1-12-15-9-11-17(12)10-5-4-8-16-13(18)14(19)6-2-3-7-14/h9,11,19H,2-8,10H2,1H3,(H,16,18). The molecule has 5 heteroatoms. The highest BCUT2D eigenvalue weighted by atomic mass is 16.3. The van der Waals surface area contributed by atoms with Crippen molar-refractivity contribution in [3.63, 3.8) is 0 Å². The number of unbranched alkanes of at least 4 members (excludes halogenated alkanes) is 1. The molecule has 1 heterocycles. The molecule has 0 saturated heterocycles. The molecule has 0 atom stereocenters. The first-order valence-corrected chi connectivity index (χ1v) is 7.10. The Morgan fingerprint density at radius 2 is 2.21 bits per heavy atom. The lowest BCUT2D eigenvalue weighted by atomic mass is 10.0. The summed E-state index contributed by atoms with van der Waals surface area (Å²) in [6.45, 7) is 3.54. The fourth-order valence-corrected chi connectivity index (χ4v) is 2.60. The first kappa shape index (κ1) is 14.1. The van der Waals surface area contributed by atoms with Gasteiger partial charge in [0.15, 0.2) is 0 Å². The van der Waals surface area contributed by atoms with Crippen LogP contribution in [0.3, 0.4) is 0 Å². The second-order valence-corrected chi connectivity index (χ2v) is 5.37. The van der Waals surface area contributed by atoms with Gasteiger partial charge >= 0.3 is 0 Å². The van der Waals surface area contributed by atoms with E-state index in [1.807, 2.05) is 13.1 Å². The quantitative estimate of drug-likeness (QED) is 0.764. The second kappa shape index (κ2) is 6.19. The van der Waals surface area contributed by atoms with Crippen molar-refractivity contribution >= 4 is 5.91 Å². The summed E-state index contributed by atoms with van der Waals surface area (Å²) in [4.78, 5) is 16.0. The van der Waals surface area contributed by atoms with E-state index in [0.29, 0.717) is 19.4 Å². The Hall–Kier alpha value is -1.36. The first-order chi connectivity index (χ1) is 9.12. The number of carbonyl (C=O) groups is 1. The van der Waals surface area contributed by atoms with E-state index >= 15 is 0 Å². The van der Waals surface area contributed by atoms with Crippen LogP contribution in [0.1, 0.15) is 44.3 Å². The lowest BCUT2D eigenvalue weighted by Gasteiger charge is -2.20. The van der Waals surface area contributed by atoms with Gasteiger partial charge in [-0.3, -0.25) is 4.79 Å². The van der Waals surface area contributed by atoms with Crippen LogP contribution in [-0.4, -0.2) is 32.7 Å². The van der Waals surface area contributed by atoms with E-state index in [1.165, 1.54) is 0 Å². The minimum absolute atomic E-state index is 0.191. The number of hydrogen-bond donors (Lipinski definition) is 2. The van der Waals surface area contributed by atoms with Crippen LogP contribution in [0.4, 0.5) is 0 Å². The van der Waals surface area contributed by atoms with Crippen LogP contribution in [0, 0.1) is 6.92 Å². The van der Waals surface area contributed by atoms with Gasteiger partial charge in [0, 0.05) is 25.5 Å². The Balaban J connectivity index is 1.62. The molecule has 5 nitrogen and oxygen atoms in total. The van der Waals surface area contributed by atoms with Crippen molar-refractivity contribution in [1.29, 1.82) is 0 Å². The van der Waals surface area contributed by atoms with E-state index in [1.54, 1.807) is 6.20 Å². The number of imidazole rings is 1. The molecule has 1 aromatic heterocycles. The number of aryl methyl sites for hydroxylation is 2. The zero-order valence-electron chi connectivity index (χ0n) is 11.6. The third kappa shape index (κ3) is 3.56. The topological polar surface area (TPSA) is 67.2 Å². The Morgan fingerprint density at radius 1 is 1.47 bits per heavy atom. The zero-order chi connectivity index (χ0) is 13.7. The second-order valence-electron chi connectivity index (χ2n) is 5.37. The molecule has 0 aliphatic heterocycles. The Labute approximate surface area is 114 Å². The van der Waals surface area contributed by atoms with Crippen molar-refractivity contribution in [3.8, 4) is 0 Å². The maximum atomic E-state index is 11.8. The summed E-state index contributed by atoms with van der Waals surface area (Å²) in [6.07, 6.45) is 8.78. The molecule has 1 aliphatic rings. The van der Waals surface area contributed by atoms with Crippen molar-refractivity contribution in [1.82, 2.24) is 14.9 Å². The number of nitrogens with one attached hydrogen (secondary N) is 1. The maximum Gasteiger partial charge on any atom is 0.251 e. The third-order valence-corrected chi connectivity index (χ3v) is 3.89. The Morgan fingerprint density at radius 3 is 2.84 bits per heavy atom. The molecule has 2 rings (SSSR count). The molecule has 0 spiro atoms. The normalized spacial score (nSPS) is 17.6. The predicted octanol–water partition coefficient (Wildman–Crippen LogP) is 1.39. The molecular weight excluding hydrogens is 242 g/mol. The van der Waals surface area contributed by atoms with Gasteiger partial charge in [-0.25, -0.2) is 4.98 Å². The van der Waals surface area contributed by atoms with Crippen LogP contribution in [0.25, 0.3) is 0 Å². The van der Waals surface area contributed by atoms with Crippen LogP contribution in [0.15, 0.2) is 12.4 Å². The molecule has 1 aromatic rings. The van der Waals surface area contributed by atoms with Gasteiger partial charge in [-0.1, -0.05) is 0 Å². The number of carbonyl (C=O) groups excluding carboxylic acids is 1. The maximum absolute atomic E-state index is 11.8. The minimum atomic E-state index is -1.10. The SMILES string of the molecule is Cc1nccn1CCCCNC(=O)C1(O)CCCC1. The van der Waals surface area contributed by atoms with Crippen molar-refractivity contribution in [2.45, 2.75) is 57.6 Å². The van der Waals surface area contributed by atoms with E-state index in [9.17, 15) is 9.90 Å². The number of hydrogen-bond acceptors (Lipinski definition) is 3.